The summed E-state index contributed by atoms with van der Waals surface area (Å²) in [7, 11) is 0. The molecule has 18 heavy (non-hydrogen) atoms. The van der Waals surface area contributed by atoms with Crippen molar-refractivity contribution in [1.29, 1.82) is 5.26 Å². The molecule has 1 saturated heterocycles. The highest BCUT2D eigenvalue weighted by Crippen LogP contribution is 2.19. The van der Waals surface area contributed by atoms with Gasteiger partial charge < -0.3 is 4.90 Å². The molecule has 1 aliphatic rings. The van der Waals surface area contributed by atoms with Crippen molar-refractivity contribution >= 4 is 17.5 Å². The first kappa shape index (κ1) is 12.8. The van der Waals surface area contributed by atoms with E-state index in [1.165, 1.54) is 6.20 Å². The summed E-state index contributed by atoms with van der Waals surface area (Å²) >= 11 is 5.85. The number of carbonyl (C=O) groups excluding carboxylic acids is 1. The first-order valence-corrected chi connectivity index (χ1v) is 6.49. The zero-order valence-corrected chi connectivity index (χ0v) is 10.7. The summed E-state index contributed by atoms with van der Waals surface area (Å²) < 4.78 is 0. The molecule has 2 rings (SSSR count). The largest absolute Gasteiger partial charge is 0.337 e. The molecule has 0 bridgehead atoms. The molecule has 1 fully saturated rings. The summed E-state index contributed by atoms with van der Waals surface area (Å²) in [6.45, 7) is 1.46. The average molecular weight is 264 g/mol. The van der Waals surface area contributed by atoms with Crippen LogP contribution in [0, 0.1) is 17.2 Å². The van der Waals surface area contributed by atoms with E-state index in [9.17, 15) is 4.79 Å². The lowest BCUT2D eigenvalue weighted by Gasteiger charge is -2.31. The Bertz CT molecular complexity index is 466. The van der Waals surface area contributed by atoms with Gasteiger partial charge in [0.1, 0.15) is 11.8 Å². The maximum atomic E-state index is 12.2. The Morgan fingerprint density at radius 1 is 1.61 bits per heavy atom. The maximum Gasteiger partial charge on any atom is 0.272 e. The van der Waals surface area contributed by atoms with Crippen molar-refractivity contribution in [3.63, 3.8) is 0 Å². The lowest BCUT2D eigenvalue weighted by molar-refractivity contribution is 0.0679. The van der Waals surface area contributed by atoms with E-state index in [1.54, 1.807) is 17.0 Å². The Morgan fingerprint density at radius 2 is 2.44 bits per heavy atom. The summed E-state index contributed by atoms with van der Waals surface area (Å²) in [4.78, 5) is 18.0. The SMILES string of the molecule is N#Cc1ccc(C(=O)N2CCCC(CCl)C2)nc1. The van der Waals surface area contributed by atoms with E-state index in [0.29, 0.717) is 29.6 Å². The van der Waals surface area contributed by atoms with Gasteiger partial charge in [0.15, 0.2) is 0 Å². The second kappa shape index (κ2) is 5.83. The standard InChI is InChI=1S/C13H14ClN3O/c14-6-10-2-1-5-17(9-10)13(18)12-4-3-11(7-15)8-16-12/h3-4,8,10H,1-2,5-6,9H2. The fourth-order valence-electron chi connectivity index (χ4n) is 2.12. The van der Waals surface area contributed by atoms with Crippen molar-refractivity contribution in [2.75, 3.05) is 19.0 Å². The van der Waals surface area contributed by atoms with E-state index in [1.807, 2.05) is 6.07 Å². The lowest BCUT2D eigenvalue weighted by Crippen LogP contribution is -2.40. The molecule has 0 radical (unpaired) electrons. The fraction of sp³-hybridized carbons (Fsp3) is 0.462. The third kappa shape index (κ3) is 2.80. The number of rotatable bonds is 2. The third-order valence-electron chi connectivity index (χ3n) is 3.14. The van der Waals surface area contributed by atoms with E-state index in [-0.39, 0.29) is 5.91 Å². The molecule has 5 heteroatoms. The molecule has 0 saturated carbocycles. The van der Waals surface area contributed by atoms with E-state index in [0.717, 1.165) is 19.4 Å². The molecule has 1 aromatic rings. The first-order chi connectivity index (χ1) is 8.74. The smallest absolute Gasteiger partial charge is 0.272 e. The molecule has 1 aromatic heterocycles. The summed E-state index contributed by atoms with van der Waals surface area (Å²) in [6.07, 6.45) is 3.49. The Morgan fingerprint density at radius 3 is 3.06 bits per heavy atom. The van der Waals surface area contributed by atoms with Crippen molar-refractivity contribution in [2.45, 2.75) is 12.8 Å². The number of nitrogens with zero attached hydrogens (tertiary/aromatic N) is 3. The second-order valence-corrected chi connectivity index (χ2v) is 4.77. The van der Waals surface area contributed by atoms with Crippen molar-refractivity contribution in [1.82, 2.24) is 9.88 Å². The minimum atomic E-state index is -0.0747. The predicted octanol–water partition coefficient (Wildman–Crippen LogP) is 2.04. The fourth-order valence-corrected chi connectivity index (χ4v) is 2.38. The van der Waals surface area contributed by atoms with Crippen LogP contribution in [-0.4, -0.2) is 34.8 Å². The number of nitriles is 1. The van der Waals surface area contributed by atoms with E-state index in [4.69, 9.17) is 16.9 Å². The van der Waals surface area contributed by atoms with Crippen LogP contribution < -0.4 is 0 Å². The summed E-state index contributed by atoms with van der Waals surface area (Å²) in [5.41, 5.74) is 0.855. The molecule has 1 amide bonds. The van der Waals surface area contributed by atoms with Crippen LogP contribution in [0.4, 0.5) is 0 Å². The van der Waals surface area contributed by atoms with Gasteiger partial charge in [-0.1, -0.05) is 0 Å². The van der Waals surface area contributed by atoms with Gasteiger partial charge in [-0.2, -0.15) is 5.26 Å². The van der Waals surface area contributed by atoms with E-state index < -0.39 is 0 Å². The Balaban J connectivity index is 2.08. The van der Waals surface area contributed by atoms with Crippen LogP contribution in [-0.2, 0) is 0 Å². The number of pyridine rings is 1. The van der Waals surface area contributed by atoms with Crippen LogP contribution >= 0.6 is 11.6 Å². The molecular weight excluding hydrogens is 250 g/mol. The Labute approximate surface area is 111 Å². The van der Waals surface area contributed by atoms with Gasteiger partial charge in [0.2, 0.25) is 0 Å². The Hall–Kier alpha value is -1.60. The molecule has 0 N–H and O–H groups in total. The number of amides is 1. The summed E-state index contributed by atoms with van der Waals surface area (Å²) in [6, 6.07) is 5.20. The lowest BCUT2D eigenvalue weighted by atomic mass is 10.00. The van der Waals surface area contributed by atoms with Crippen molar-refractivity contribution < 1.29 is 4.79 Å². The second-order valence-electron chi connectivity index (χ2n) is 4.46. The molecule has 1 unspecified atom stereocenters. The van der Waals surface area contributed by atoms with Crippen LogP contribution in [0.2, 0.25) is 0 Å². The minimum absolute atomic E-state index is 0.0747. The predicted molar refractivity (Wildman–Crippen MR) is 68.3 cm³/mol. The van der Waals surface area contributed by atoms with Crippen molar-refractivity contribution in [3.05, 3.63) is 29.6 Å². The Kier molecular flexibility index (Phi) is 4.16. The van der Waals surface area contributed by atoms with Gasteiger partial charge in [-0.25, -0.2) is 4.98 Å². The quantitative estimate of drug-likeness (QED) is 0.768. The molecular formula is C13H14ClN3O. The number of alkyl halides is 1. The molecule has 2 heterocycles. The van der Waals surface area contributed by atoms with Crippen LogP contribution in [0.3, 0.4) is 0 Å². The van der Waals surface area contributed by atoms with Gasteiger partial charge in [0.05, 0.1) is 5.56 Å². The highest BCUT2D eigenvalue weighted by molar-refractivity contribution is 6.18. The van der Waals surface area contributed by atoms with Gasteiger partial charge in [-0.15, -0.1) is 11.6 Å². The summed E-state index contributed by atoms with van der Waals surface area (Å²) in [5.74, 6) is 0.891. The van der Waals surface area contributed by atoms with Crippen LogP contribution in [0.15, 0.2) is 18.3 Å². The van der Waals surface area contributed by atoms with Gasteiger partial charge in [-0.3, -0.25) is 4.79 Å². The zero-order valence-electron chi connectivity index (χ0n) is 9.97. The molecule has 4 nitrogen and oxygen atoms in total. The number of hydrogen-bond acceptors (Lipinski definition) is 3. The normalized spacial score (nSPS) is 19.3. The number of piperidine rings is 1. The maximum absolute atomic E-state index is 12.2. The number of halogens is 1. The van der Waals surface area contributed by atoms with E-state index >= 15 is 0 Å². The van der Waals surface area contributed by atoms with Crippen molar-refractivity contribution in [3.8, 4) is 6.07 Å². The number of aromatic nitrogens is 1. The molecule has 1 atom stereocenters. The van der Waals surface area contributed by atoms with Crippen molar-refractivity contribution in [2.24, 2.45) is 5.92 Å². The molecule has 94 valence electrons. The molecule has 0 aliphatic carbocycles. The monoisotopic (exact) mass is 263 g/mol. The number of carbonyl (C=O) groups is 1. The highest BCUT2D eigenvalue weighted by atomic mass is 35.5. The minimum Gasteiger partial charge on any atom is -0.337 e. The molecule has 0 spiro atoms. The number of likely N-dealkylation sites (tertiary alicyclic amines) is 1. The molecule has 1 aliphatic heterocycles. The van der Waals surface area contributed by atoms with Gasteiger partial charge in [0.25, 0.3) is 5.91 Å². The van der Waals surface area contributed by atoms with Crippen LogP contribution in [0.1, 0.15) is 28.9 Å². The van der Waals surface area contributed by atoms with Gasteiger partial charge in [-0.05, 0) is 30.9 Å². The van der Waals surface area contributed by atoms with E-state index in [2.05, 4.69) is 4.98 Å². The van der Waals surface area contributed by atoms with Gasteiger partial charge >= 0.3 is 0 Å². The van der Waals surface area contributed by atoms with Crippen LogP contribution in [0.5, 0.6) is 0 Å². The average Bonchev–Trinajstić information content (AvgIpc) is 2.46. The third-order valence-corrected chi connectivity index (χ3v) is 3.57. The summed E-state index contributed by atoms with van der Waals surface area (Å²) in [5, 5.41) is 8.68. The number of hydrogen-bond donors (Lipinski definition) is 0. The highest BCUT2D eigenvalue weighted by Gasteiger charge is 2.24. The topological polar surface area (TPSA) is 57.0 Å². The first-order valence-electron chi connectivity index (χ1n) is 5.96. The van der Waals surface area contributed by atoms with Crippen LogP contribution in [0.25, 0.3) is 0 Å². The zero-order chi connectivity index (χ0) is 13.0. The van der Waals surface area contributed by atoms with Gasteiger partial charge in [0, 0.05) is 25.2 Å². The molecule has 0 aromatic carbocycles.